The molecular formula is C13H14O3. The highest BCUT2D eigenvalue weighted by Gasteiger charge is 2.32. The molecule has 1 aromatic carbocycles. The van der Waals surface area contributed by atoms with Crippen molar-refractivity contribution in [2.75, 3.05) is 6.61 Å². The minimum absolute atomic E-state index is 0.304. The lowest BCUT2D eigenvalue weighted by molar-refractivity contribution is -0.157. The van der Waals surface area contributed by atoms with E-state index in [0.717, 1.165) is 11.1 Å². The van der Waals surface area contributed by atoms with Gasteiger partial charge in [-0.15, -0.1) is 0 Å². The Balaban J connectivity index is 2.36. The van der Waals surface area contributed by atoms with E-state index >= 15 is 0 Å². The van der Waals surface area contributed by atoms with E-state index in [1.807, 2.05) is 44.2 Å². The normalized spacial score (nSPS) is 20.1. The molecule has 0 aliphatic carbocycles. The summed E-state index contributed by atoms with van der Waals surface area (Å²) in [6, 6.07) is 9.51. The predicted octanol–water partition coefficient (Wildman–Crippen LogP) is 2.38. The first-order valence-corrected chi connectivity index (χ1v) is 5.32. The van der Waals surface area contributed by atoms with Crippen molar-refractivity contribution in [1.29, 1.82) is 0 Å². The molecule has 1 aliphatic rings. The highest BCUT2D eigenvalue weighted by Crippen LogP contribution is 2.30. The number of carbonyl (C=O) groups is 1. The van der Waals surface area contributed by atoms with Crippen molar-refractivity contribution in [3.05, 3.63) is 41.5 Å². The van der Waals surface area contributed by atoms with Crippen LogP contribution in [0.1, 0.15) is 19.4 Å². The molecule has 0 spiro atoms. The number of rotatable bonds is 3. The fourth-order valence-corrected chi connectivity index (χ4v) is 1.78. The Bertz CT molecular complexity index is 420. The highest BCUT2D eigenvalue weighted by molar-refractivity contribution is 6.19. The van der Waals surface area contributed by atoms with Crippen LogP contribution in [0, 0.1) is 0 Å². The Hall–Kier alpha value is -1.61. The third-order valence-corrected chi connectivity index (χ3v) is 2.55. The molecule has 3 heteroatoms. The number of hydrogen-bond acceptors (Lipinski definition) is 3. The van der Waals surface area contributed by atoms with Gasteiger partial charge in [0, 0.05) is 12.2 Å². The van der Waals surface area contributed by atoms with Crippen LogP contribution in [-0.4, -0.2) is 18.9 Å². The summed E-state index contributed by atoms with van der Waals surface area (Å²) in [4.78, 5) is 11.7. The standard InChI is InChI=1S/C13H14O3/c1-3-15-13-9(2)11(12(14)16-13)10-7-5-4-6-8-10/h4-8,13H,3H2,1-2H3. The lowest BCUT2D eigenvalue weighted by Gasteiger charge is -2.09. The van der Waals surface area contributed by atoms with Gasteiger partial charge < -0.3 is 9.47 Å². The Morgan fingerprint density at radius 3 is 2.62 bits per heavy atom. The molecule has 16 heavy (non-hydrogen) atoms. The van der Waals surface area contributed by atoms with Crippen LogP contribution in [0.3, 0.4) is 0 Å². The molecule has 0 N–H and O–H groups in total. The molecule has 0 aromatic heterocycles. The molecule has 0 fully saturated rings. The molecule has 1 heterocycles. The second-order valence-corrected chi connectivity index (χ2v) is 3.62. The third kappa shape index (κ3) is 1.86. The first kappa shape index (κ1) is 10.9. The molecule has 1 aromatic rings. The molecule has 84 valence electrons. The van der Waals surface area contributed by atoms with Crippen molar-refractivity contribution in [3.8, 4) is 0 Å². The lowest BCUT2D eigenvalue weighted by Crippen LogP contribution is -2.14. The van der Waals surface area contributed by atoms with Crippen molar-refractivity contribution in [2.45, 2.75) is 20.1 Å². The van der Waals surface area contributed by atoms with E-state index in [0.29, 0.717) is 12.2 Å². The lowest BCUT2D eigenvalue weighted by atomic mass is 10.0. The second-order valence-electron chi connectivity index (χ2n) is 3.62. The third-order valence-electron chi connectivity index (χ3n) is 2.55. The van der Waals surface area contributed by atoms with Crippen LogP contribution in [0.2, 0.25) is 0 Å². The maximum Gasteiger partial charge on any atom is 0.341 e. The smallest absolute Gasteiger partial charge is 0.341 e. The van der Waals surface area contributed by atoms with Gasteiger partial charge in [0.15, 0.2) is 0 Å². The Kier molecular flexibility index (Phi) is 3.06. The average Bonchev–Trinajstić information content (AvgIpc) is 2.56. The minimum atomic E-state index is -0.521. The first-order chi connectivity index (χ1) is 7.74. The highest BCUT2D eigenvalue weighted by atomic mass is 16.7. The zero-order valence-corrected chi connectivity index (χ0v) is 9.40. The monoisotopic (exact) mass is 218 g/mol. The molecule has 0 saturated heterocycles. The van der Waals surface area contributed by atoms with Gasteiger partial charge in [0.1, 0.15) is 0 Å². The van der Waals surface area contributed by atoms with Gasteiger partial charge in [0.25, 0.3) is 0 Å². The molecule has 1 atom stereocenters. The van der Waals surface area contributed by atoms with Gasteiger partial charge in [-0.05, 0) is 19.4 Å². The van der Waals surface area contributed by atoms with Gasteiger partial charge in [-0.2, -0.15) is 0 Å². The summed E-state index contributed by atoms with van der Waals surface area (Å²) in [6.07, 6.45) is -0.521. The zero-order chi connectivity index (χ0) is 11.5. The van der Waals surface area contributed by atoms with Crippen molar-refractivity contribution in [3.63, 3.8) is 0 Å². The number of hydrogen-bond donors (Lipinski definition) is 0. The van der Waals surface area contributed by atoms with Crippen molar-refractivity contribution in [1.82, 2.24) is 0 Å². The molecular weight excluding hydrogens is 204 g/mol. The molecule has 3 nitrogen and oxygen atoms in total. The van der Waals surface area contributed by atoms with E-state index in [4.69, 9.17) is 9.47 Å². The summed E-state index contributed by atoms with van der Waals surface area (Å²) in [5, 5.41) is 0. The van der Waals surface area contributed by atoms with Gasteiger partial charge >= 0.3 is 5.97 Å². The van der Waals surface area contributed by atoms with Gasteiger partial charge in [0.2, 0.25) is 6.29 Å². The maximum atomic E-state index is 11.7. The second kappa shape index (κ2) is 4.49. The number of carbonyl (C=O) groups excluding carboxylic acids is 1. The number of cyclic esters (lactones) is 1. The zero-order valence-electron chi connectivity index (χ0n) is 9.40. The number of benzene rings is 1. The summed E-state index contributed by atoms with van der Waals surface area (Å²) in [6.45, 7) is 4.27. The van der Waals surface area contributed by atoms with E-state index in [-0.39, 0.29) is 5.97 Å². The van der Waals surface area contributed by atoms with Gasteiger partial charge in [0.05, 0.1) is 5.57 Å². The minimum Gasteiger partial charge on any atom is -0.428 e. The van der Waals surface area contributed by atoms with Crippen LogP contribution in [0.5, 0.6) is 0 Å². The van der Waals surface area contributed by atoms with Crippen LogP contribution < -0.4 is 0 Å². The SMILES string of the molecule is CCOC1OC(=O)C(c2ccccc2)=C1C. The first-order valence-electron chi connectivity index (χ1n) is 5.32. The Labute approximate surface area is 94.7 Å². The van der Waals surface area contributed by atoms with Crippen LogP contribution >= 0.6 is 0 Å². The summed E-state index contributed by atoms with van der Waals surface area (Å²) in [7, 11) is 0. The molecule has 1 unspecified atom stereocenters. The summed E-state index contributed by atoms with van der Waals surface area (Å²) in [5.41, 5.74) is 2.35. The van der Waals surface area contributed by atoms with Crippen LogP contribution in [0.25, 0.3) is 5.57 Å². The van der Waals surface area contributed by atoms with E-state index in [1.165, 1.54) is 0 Å². The molecule has 1 aliphatic heterocycles. The molecule has 0 amide bonds. The van der Waals surface area contributed by atoms with Crippen molar-refractivity contribution < 1.29 is 14.3 Å². The topological polar surface area (TPSA) is 35.5 Å². The van der Waals surface area contributed by atoms with Crippen LogP contribution in [-0.2, 0) is 14.3 Å². The van der Waals surface area contributed by atoms with Crippen LogP contribution in [0.4, 0.5) is 0 Å². The van der Waals surface area contributed by atoms with E-state index < -0.39 is 6.29 Å². The summed E-state index contributed by atoms with van der Waals surface area (Å²) >= 11 is 0. The van der Waals surface area contributed by atoms with E-state index in [1.54, 1.807) is 0 Å². The van der Waals surface area contributed by atoms with Gasteiger partial charge in [-0.3, -0.25) is 0 Å². The number of ether oxygens (including phenoxy) is 2. The van der Waals surface area contributed by atoms with Crippen molar-refractivity contribution in [2.24, 2.45) is 0 Å². The molecule has 0 saturated carbocycles. The Morgan fingerprint density at radius 2 is 2.00 bits per heavy atom. The summed E-state index contributed by atoms with van der Waals surface area (Å²) in [5.74, 6) is -0.304. The van der Waals surface area contributed by atoms with Crippen LogP contribution in [0.15, 0.2) is 35.9 Å². The average molecular weight is 218 g/mol. The van der Waals surface area contributed by atoms with E-state index in [9.17, 15) is 4.79 Å². The number of esters is 1. The fourth-order valence-electron chi connectivity index (χ4n) is 1.78. The summed E-state index contributed by atoms with van der Waals surface area (Å²) < 4.78 is 10.5. The largest absolute Gasteiger partial charge is 0.428 e. The maximum absolute atomic E-state index is 11.7. The quantitative estimate of drug-likeness (QED) is 0.731. The van der Waals surface area contributed by atoms with Gasteiger partial charge in [-0.25, -0.2) is 4.79 Å². The fraction of sp³-hybridized carbons (Fsp3) is 0.308. The van der Waals surface area contributed by atoms with Gasteiger partial charge in [-0.1, -0.05) is 30.3 Å². The molecule has 2 rings (SSSR count). The molecule has 0 radical (unpaired) electrons. The predicted molar refractivity (Wildman–Crippen MR) is 60.5 cm³/mol. The van der Waals surface area contributed by atoms with Crippen molar-refractivity contribution >= 4 is 11.5 Å². The Morgan fingerprint density at radius 1 is 1.31 bits per heavy atom. The molecule has 0 bridgehead atoms. The van der Waals surface area contributed by atoms with E-state index in [2.05, 4.69) is 0 Å².